The molecule has 0 atom stereocenters. The summed E-state index contributed by atoms with van der Waals surface area (Å²) in [6.07, 6.45) is 0.481. The van der Waals surface area contributed by atoms with Gasteiger partial charge in [0.05, 0.1) is 0 Å². The minimum atomic E-state index is -0.469. The Labute approximate surface area is 106 Å². The average Bonchev–Trinajstić information content (AvgIpc) is 2.14. The van der Waals surface area contributed by atoms with Gasteiger partial charge in [0.2, 0.25) is 0 Å². The maximum atomic E-state index is 11.9. The van der Waals surface area contributed by atoms with Gasteiger partial charge in [0.1, 0.15) is 0 Å². The van der Waals surface area contributed by atoms with Crippen LogP contribution in [0, 0.1) is 0 Å². The van der Waals surface area contributed by atoms with Gasteiger partial charge in [-0.15, -0.1) is 0 Å². The first kappa shape index (κ1) is 13.8. The van der Waals surface area contributed by atoms with Crippen molar-refractivity contribution in [1.29, 1.82) is 0 Å². The fourth-order valence-corrected chi connectivity index (χ4v) is 1.71. The standard InChI is InChI=1S/C12H17ClN2O2/c1-12(2,3-4-16)15-11(17)8-5-9(13)7-10(14)6-8/h5-7,16H,3-4,14H2,1-2H3,(H,15,17). The van der Waals surface area contributed by atoms with Crippen molar-refractivity contribution in [2.75, 3.05) is 12.3 Å². The van der Waals surface area contributed by atoms with Crippen LogP contribution < -0.4 is 11.1 Å². The summed E-state index contributed by atoms with van der Waals surface area (Å²) in [5, 5.41) is 12.1. The van der Waals surface area contributed by atoms with Crippen LogP contribution in [0.5, 0.6) is 0 Å². The summed E-state index contributed by atoms with van der Waals surface area (Å²) in [6.45, 7) is 3.70. The van der Waals surface area contributed by atoms with Gasteiger partial charge < -0.3 is 16.2 Å². The number of aliphatic hydroxyl groups excluding tert-OH is 1. The van der Waals surface area contributed by atoms with Gasteiger partial charge in [-0.3, -0.25) is 4.79 Å². The lowest BCUT2D eigenvalue weighted by Gasteiger charge is -2.25. The largest absolute Gasteiger partial charge is 0.399 e. The minimum absolute atomic E-state index is 0.0188. The number of halogens is 1. The Kier molecular flexibility index (Phi) is 4.37. The van der Waals surface area contributed by atoms with Gasteiger partial charge in [-0.05, 0) is 38.5 Å². The Morgan fingerprint density at radius 2 is 2.12 bits per heavy atom. The number of aliphatic hydroxyl groups is 1. The lowest BCUT2D eigenvalue weighted by molar-refractivity contribution is 0.0899. The van der Waals surface area contributed by atoms with Crippen molar-refractivity contribution in [3.8, 4) is 0 Å². The van der Waals surface area contributed by atoms with E-state index in [4.69, 9.17) is 22.4 Å². The van der Waals surface area contributed by atoms with Crippen LogP contribution in [0.3, 0.4) is 0 Å². The number of hydrogen-bond acceptors (Lipinski definition) is 3. The summed E-state index contributed by atoms with van der Waals surface area (Å²) in [5.74, 6) is -0.252. The number of amides is 1. The van der Waals surface area contributed by atoms with Gasteiger partial charge in [-0.1, -0.05) is 11.6 Å². The molecule has 0 aliphatic carbocycles. The van der Waals surface area contributed by atoms with E-state index in [0.717, 1.165) is 0 Å². The van der Waals surface area contributed by atoms with Gasteiger partial charge >= 0.3 is 0 Å². The molecular formula is C12H17ClN2O2. The van der Waals surface area contributed by atoms with E-state index in [1.54, 1.807) is 18.2 Å². The first-order valence-corrected chi connectivity index (χ1v) is 5.71. The van der Waals surface area contributed by atoms with Gasteiger partial charge in [0.15, 0.2) is 0 Å². The van der Waals surface area contributed by atoms with E-state index in [-0.39, 0.29) is 12.5 Å². The molecular weight excluding hydrogens is 240 g/mol. The number of carbonyl (C=O) groups is 1. The zero-order valence-corrected chi connectivity index (χ0v) is 10.7. The Morgan fingerprint density at radius 3 is 2.65 bits per heavy atom. The molecule has 0 aliphatic rings. The zero-order chi connectivity index (χ0) is 13.1. The van der Waals surface area contributed by atoms with E-state index in [1.807, 2.05) is 13.8 Å². The summed E-state index contributed by atoms with van der Waals surface area (Å²) in [6, 6.07) is 4.70. The molecule has 4 nitrogen and oxygen atoms in total. The molecule has 0 spiro atoms. The monoisotopic (exact) mass is 256 g/mol. The van der Waals surface area contributed by atoms with Crippen molar-refractivity contribution in [2.24, 2.45) is 0 Å². The Morgan fingerprint density at radius 1 is 1.47 bits per heavy atom. The van der Waals surface area contributed by atoms with Crippen LogP contribution in [-0.2, 0) is 0 Å². The molecule has 0 aromatic heterocycles. The third kappa shape index (κ3) is 4.24. The molecule has 94 valence electrons. The topological polar surface area (TPSA) is 75.3 Å². The highest BCUT2D eigenvalue weighted by Gasteiger charge is 2.20. The van der Waals surface area contributed by atoms with Gasteiger partial charge in [0, 0.05) is 28.4 Å². The molecule has 0 unspecified atom stereocenters. The van der Waals surface area contributed by atoms with E-state index in [0.29, 0.717) is 22.7 Å². The van der Waals surface area contributed by atoms with Crippen LogP contribution in [0.1, 0.15) is 30.6 Å². The number of nitrogen functional groups attached to an aromatic ring is 1. The van der Waals surface area contributed by atoms with Crippen LogP contribution in [-0.4, -0.2) is 23.2 Å². The molecule has 0 heterocycles. The van der Waals surface area contributed by atoms with Crippen molar-refractivity contribution in [3.63, 3.8) is 0 Å². The van der Waals surface area contributed by atoms with Crippen molar-refractivity contribution >= 4 is 23.2 Å². The fourth-order valence-electron chi connectivity index (χ4n) is 1.46. The maximum absolute atomic E-state index is 11.9. The van der Waals surface area contributed by atoms with Crippen LogP contribution >= 0.6 is 11.6 Å². The number of anilines is 1. The second-order valence-corrected chi connectivity index (χ2v) is 5.02. The Balaban J connectivity index is 2.83. The summed E-state index contributed by atoms with van der Waals surface area (Å²) >= 11 is 5.83. The number of rotatable bonds is 4. The summed E-state index contributed by atoms with van der Waals surface area (Å²) in [5.41, 5.74) is 6.01. The Bertz CT molecular complexity index is 399. The van der Waals surface area contributed by atoms with Gasteiger partial charge in [-0.2, -0.15) is 0 Å². The highest BCUT2D eigenvalue weighted by atomic mass is 35.5. The fraction of sp³-hybridized carbons (Fsp3) is 0.417. The summed E-state index contributed by atoms with van der Waals surface area (Å²) in [4.78, 5) is 11.9. The number of benzene rings is 1. The van der Waals surface area contributed by atoms with E-state index in [9.17, 15) is 4.79 Å². The van der Waals surface area contributed by atoms with Crippen LogP contribution in [0.15, 0.2) is 18.2 Å². The van der Waals surface area contributed by atoms with E-state index in [1.165, 1.54) is 0 Å². The van der Waals surface area contributed by atoms with Gasteiger partial charge in [0.25, 0.3) is 5.91 Å². The third-order valence-electron chi connectivity index (χ3n) is 2.37. The molecule has 0 aliphatic heterocycles. The maximum Gasteiger partial charge on any atom is 0.251 e. The molecule has 0 radical (unpaired) electrons. The minimum Gasteiger partial charge on any atom is -0.399 e. The lowest BCUT2D eigenvalue weighted by Crippen LogP contribution is -2.44. The predicted octanol–water partition coefficient (Wildman–Crippen LogP) is 1.81. The second kappa shape index (κ2) is 5.38. The van der Waals surface area contributed by atoms with Crippen molar-refractivity contribution < 1.29 is 9.90 Å². The summed E-state index contributed by atoms with van der Waals surface area (Å²) < 4.78 is 0. The number of carbonyl (C=O) groups excluding carboxylic acids is 1. The summed E-state index contributed by atoms with van der Waals surface area (Å²) in [7, 11) is 0. The molecule has 1 rings (SSSR count). The lowest BCUT2D eigenvalue weighted by atomic mass is 10.0. The van der Waals surface area contributed by atoms with Crippen molar-refractivity contribution in [1.82, 2.24) is 5.32 Å². The van der Waals surface area contributed by atoms with E-state index < -0.39 is 5.54 Å². The SMILES string of the molecule is CC(C)(CCO)NC(=O)c1cc(N)cc(Cl)c1. The molecule has 4 N–H and O–H groups in total. The molecule has 5 heteroatoms. The smallest absolute Gasteiger partial charge is 0.251 e. The normalized spacial score (nSPS) is 11.3. The number of nitrogens with two attached hydrogens (primary N) is 1. The molecule has 0 saturated heterocycles. The Hall–Kier alpha value is -1.26. The van der Waals surface area contributed by atoms with E-state index in [2.05, 4.69) is 5.32 Å². The first-order valence-electron chi connectivity index (χ1n) is 5.33. The zero-order valence-electron chi connectivity index (χ0n) is 9.96. The number of nitrogens with one attached hydrogen (secondary N) is 1. The molecule has 1 aromatic rings. The molecule has 1 aromatic carbocycles. The highest BCUT2D eigenvalue weighted by molar-refractivity contribution is 6.31. The number of hydrogen-bond donors (Lipinski definition) is 3. The average molecular weight is 257 g/mol. The van der Waals surface area contributed by atoms with E-state index >= 15 is 0 Å². The van der Waals surface area contributed by atoms with Crippen LogP contribution in [0.4, 0.5) is 5.69 Å². The molecule has 0 saturated carbocycles. The molecule has 1 amide bonds. The third-order valence-corrected chi connectivity index (χ3v) is 2.59. The first-order chi connectivity index (χ1) is 7.84. The molecule has 0 bridgehead atoms. The molecule has 0 fully saturated rings. The van der Waals surface area contributed by atoms with Crippen molar-refractivity contribution in [3.05, 3.63) is 28.8 Å². The second-order valence-electron chi connectivity index (χ2n) is 4.58. The van der Waals surface area contributed by atoms with Gasteiger partial charge in [-0.25, -0.2) is 0 Å². The quantitative estimate of drug-likeness (QED) is 0.720. The van der Waals surface area contributed by atoms with Crippen molar-refractivity contribution in [2.45, 2.75) is 25.8 Å². The molecule has 17 heavy (non-hydrogen) atoms. The van der Waals surface area contributed by atoms with Crippen LogP contribution in [0.2, 0.25) is 5.02 Å². The highest BCUT2D eigenvalue weighted by Crippen LogP contribution is 2.17. The predicted molar refractivity (Wildman–Crippen MR) is 69.1 cm³/mol. The van der Waals surface area contributed by atoms with Crippen LogP contribution in [0.25, 0.3) is 0 Å².